The summed E-state index contributed by atoms with van der Waals surface area (Å²) in [5, 5.41) is 0. The summed E-state index contributed by atoms with van der Waals surface area (Å²) < 4.78 is 7.63. The Morgan fingerprint density at radius 3 is 2.19 bits per heavy atom. The second-order valence-electron chi connectivity index (χ2n) is 6.80. The van der Waals surface area contributed by atoms with Crippen LogP contribution in [0.2, 0.25) is 0 Å². The van der Waals surface area contributed by atoms with Crippen molar-refractivity contribution in [1.82, 2.24) is 4.57 Å². The summed E-state index contributed by atoms with van der Waals surface area (Å²) >= 11 is 0. The maximum absolute atomic E-state index is 5.26. The van der Waals surface area contributed by atoms with Gasteiger partial charge in [-0.05, 0) is 17.7 Å². The highest BCUT2D eigenvalue weighted by Crippen LogP contribution is 2.07. The van der Waals surface area contributed by atoms with Crippen LogP contribution in [0.15, 0.2) is 79.0 Å². The molecule has 1 N–H and O–H groups in total. The van der Waals surface area contributed by atoms with E-state index < -0.39 is 0 Å². The summed E-state index contributed by atoms with van der Waals surface area (Å²) in [6, 6.07) is 25.9. The van der Waals surface area contributed by atoms with Gasteiger partial charge in [-0.3, -0.25) is 0 Å². The predicted molar refractivity (Wildman–Crippen MR) is 106 cm³/mol. The predicted octanol–water partition coefficient (Wildman–Crippen LogP) is 3.16. The molecule has 3 aromatic rings. The van der Waals surface area contributed by atoms with Gasteiger partial charge < -0.3 is 14.2 Å². The molecule has 3 heteroatoms. The summed E-state index contributed by atoms with van der Waals surface area (Å²) in [7, 11) is 1.78. The summed E-state index contributed by atoms with van der Waals surface area (Å²) in [6.07, 6.45) is 3.27. The number of hydrogen-bond acceptors (Lipinski definition) is 1. The Hall–Kier alpha value is -2.36. The zero-order valence-corrected chi connectivity index (χ0v) is 15.6. The number of methoxy groups -OCH3 is 1. The van der Waals surface area contributed by atoms with Crippen molar-refractivity contribution in [1.29, 1.82) is 0 Å². The standard InChI is InChI=1S/C23H28N2O/c1-26-17-9-15-24(18-21-10-4-2-5-11-21)20-23-14-8-16-25(23)19-22-12-6-3-7-13-22/h2-8,10-14,16H,9,15,17-20H2,1H3/p+1. The third kappa shape index (κ3) is 5.58. The fraction of sp³-hybridized carbons (Fsp3) is 0.304. The van der Waals surface area contributed by atoms with Crippen molar-refractivity contribution in [3.8, 4) is 0 Å². The van der Waals surface area contributed by atoms with Gasteiger partial charge in [-0.15, -0.1) is 0 Å². The first-order chi connectivity index (χ1) is 12.8. The molecule has 0 spiro atoms. The first kappa shape index (κ1) is 18.4. The number of nitrogens with zero attached hydrogens (tertiary/aromatic N) is 1. The maximum atomic E-state index is 5.26. The van der Waals surface area contributed by atoms with Gasteiger partial charge in [0.1, 0.15) is 13.1 Å². The molecule has 1 heterocycles. The van der Waals surface area contributed by atoms with Crippen LogP contribution < -0.4 is 4.90 Å². The van der Waals surface area contributed by atoms with Crippen LogP contribution in [0.4, 0.5) is 0 Å². The minimum atomic E-state index is 0.823. The summed E-state index contributed by atoms with van der Waals surface area (Å²) in [4.78, 5) is 1.57. The van der Waals surface area contributed by atoms with Gasteiger partial charge in [0.15, 0.2) is 0 Å². The number of nitrogens with one attached hydrogen (secondary N) is 1. The molecular weight excluding hydrogens is 320 g/mol. The van der Waals surface area contributed by atoms with Gasteiger partial charge >= 0.3 is 0 Å². The Kier molecular flexibility index (Phi) is 7.05. The number of hydrogen-bond donors (Lipinski definition) is 1. The second kappa shape index (κ2) is 9.95. The molecule has 0 aliphatic carbocycles. The van der Waals surface area contributed by atoms with Crippen LogP contribution in [-0.4, -0.2) is 24.8 Å². The number of ether oxygens (including phenoxy) is 1. The van der Waals surface area contributed by atoms with Crippen LogP contribution in [0.5, 0.6) is 0 Å². The largest absolute Gasteiger partial charge is 0.384 e. The van der Waals surface area contributed by atoms with Crippen LogP contribution in [0, 0.1) is 0 Å². The number of benzene rings is 2. The van der Waals surface area contributed by atoms with E-state index in [1.807, 2.05) is 0 Å². The minimum Gasteiger partial charge on any atom is -0.384 e. The van der Waals surface area contributed by atoms with E-state index in [4.69, 9.17) is 4.74 Å². The molecule has 0 radical (unpaired) electrons. The highest BCUT2D eigenvalue weighted by atomic mass is 16.5. The van der Waals surface area contributed by atoms with Gasteiger partial charge in [-0.25, -0.2) is 0 Å². The Labute approximate surface area is 156 Å². The average Bonchev–Trinajstić information content (AvgIpc) is 3.10. The van der Waals surface area contributed by atoms with Crippen LogP contribution in [0.1, 0.15) is 23.2 Å². The van der Waals surface area contributed by atoms with Crippen molar-refractivity contribution in [3.05, 3.63) is 95.8 Å². The lowest BCUT2D eigenvalue weighted by Crippen LogP contribution is -3.09. The third-order valence-electron chi connectivity index (χ3n) is 4.73. The zero-order valence-electron chi connectivity index (χ0n) is 15.6. The molecule has 136 valence electrons. The molecule has 1 aromatic heterocycles. The van der Waals surface area contributed by atoms with Gasteiger partial charge in [-0.1, -0.05) is 60.7 Å². The van der Waals surface area contributed by atoms with Crippen LogP contribution in [-0.2, 0) is 24.4 Å². The van der Waals surface area contributed by atoms with E-state index in [0.29, 0.717) is 0 Å². The molecule has 0 bridgehead atoms. The molecule has 0 aliphatic heterocycles. The molecule has 0 fully saturated rings. The van der Waals surface area contributed by atoms with Crippen molar-refractivity contribution in [2.75, 3.05) is 20.3 Å². The Morgan fingerprint density at radius 2 is 1.50 bits per heavy atom. The van der Waals surface area contributed by atoms with Gasteiger partial charge in [-0.2, -0.15) is 0 Å². The Bertz CT molecular complexity index is 752. The maximum Gasteiger partial charge on any atom is 0.118 e. The summed E-state index contributed by atoms with van der Waals surface area (Å²) in [5.41, 5.74) is 4.12. The highest BCUT2D eigenvalue weighted by Gasteiger charge is 2.13. The zero-order chi connectivity index (χ0) is 18.0. The molecular formula is C23H29N2O+. The van der Waals surface area contributed by atoms with Crippen molar-refractivity contribution < 1.29 is 9.64 Å². The lowest BCUT2D eigenvalue weighted by Gasteiger charge is -2.21. The molecule has 1 atom stereocenters. The minimum absolute atomic E-state index is 0.823. The fourth-order valence-corrected chi connectivity index (χ4v) is 3.39. The van der Waals surface area contributed by atoms with E-state index in [9.17, 15) is 0 Å². The van der Waals surface area contributed by atoms with Gasteiger partial charge in [0.25, 0.3) is 0 Å². The number of quaternary nitrogens is 1. The number of rotatable bonds is 10. The van der Waals surface area contributed by atoms with Crippen molar-refractivity contribution in [2.45, 2.75) is 26.1 Å². The van der Waals surface area contributed by atoms with Crippen molar-refractivity contribution in [3.63, 3.8) is 0 Å². The molecule has 2 aromatic carbocycles. The highest BCUT2D eigenvalue weighted by molar-refractivity contribution is 5.17. The molecule has 0 saturated carbocycles. The SMILES string of the molecule is COCCC[NH+](Cc1ccccc1)Cc1cccn1Cc1ccccc1. The van der Waals surface area contributed by atoms with Gasteiger partial charge in [0, 0.05) is 31.8 Å². The normalized spacial score (nSPS) is 12.2. The summed E-state index contributed by atoms with van der Waals surface area (Å²) in [5.74, 6) is 0. The molecule has 1 unspecified atom stereocenters. The van der Waals surface area contributed by atoms with Gasteiger partial charge in [0.05, 0.1) is 18.8 Å². The molecule has 0 saturated heterocycles. The van der Waals surface area contributed by atoms with Crippen LogP contribution in [0.3, 0.4) is 0 Å². The Morgan fingerprint density at radius 1 is 0.808 bits per heavy atom. The molecule has 3 rings (SSSR count). The topological polar surface area (TPSA) is 18.6 Å². The second-order valence-corrected chi connectivity index (χ2v) is 6.80. The third-order valence-corrected chi connectivity index (χ3v) is 4.73. The van der Waals surface area contributed by atoms with Crippen molar-refractivity contribution >= 4 is 0 Å². The van der Waals surface area contributed by atoms with Crippen LogP contribution >= 0.6 is 0 Å². The van der Waals surface area contributed by atoms with E-state index in [-0.39, 0.29) is 0 Å². The average molecular weight is 349 g/mol. The first-order valence-corrected chi connectivity index (χ1v) is 9.39. The fourth-order valence-electron chi connectivity index (χ4n) is 3.39. The van der Waals surface area contributed by atoms with Crippen molar-refractivity contribution in [2.24, 2.45) is 0 Å². The van der Waals surface area contributed by atoms with E-state index in [1.165, 1.54) is 16.8 Å². The van der Waals surface area contributed by atoms with E-state index in [2.05, 4.69) is 83.6 Å². The molecule has 26 heavy (non-hydrogen) atoms. The lowest BCUT2D eigenvalue weighted by molar-refractivity contribution is -0.928. The van der Waals surface area contributed by atoms with E-state index >= 15 is 0 Å². The Balaban J connectivity index is 1.69. The van der Waals surface area contributed by atoms with Gasteiger partial charge in [0.2, 0.25) is 0 Å². The molecule has 3 nitrogen and oxygen atoms in total. The van der Waals surface area contributed by atoms with E-state index in [1.54, 1.807) is 12.0 Å². The van der Waals surface area contributed by atoms with Crippen LogP contribution in [0.25, 0.3) is 0 Å². The molecule has 0 aliphatic rings. The monoisotopic (exact) mass is 349 g/mol. The molecule has 0 amide bonds. The summed E-state index contributed by atoms with van der Waals surface area (Å²) in [6.45, 7) is 4.93. The quantitative estimate of drug-likeness (QED) is 0.557. The first-order valence-electron chi connectivity index (χ1n) is 9.39. The van der Waals surface area contributed by atoms with E-state index in [0.717, 1.165) is 39.2 Å². The smallest absolute Gasteiger partial charge is 0.118 e. The lowest BCUT2D eigenvalue weighted by atomic mass is 10.2. The number of aromatic nitrogens is 1.